The van der Waals surface area contributed by atoms with Crippen LogP contribution in [0.15, 0.2) is 30.3 Å². The lowest BCUT2D eigenvalue weighted by atomic mass is 10.2. The van der Waals surface area contributed by atoms with Crippen LogP contribution < -0.4 is 4.90 Å². The normalized spacial score (nSPS) is 16.3. The number of carbonyl (C=O) groups excluding carboxylic acids is 1. The molecule has 2 rings (SSSR count). The predicted molar refractivity (Wildman–Crippen MR) is 78.3 cm³/mol. The number of ether oxygens (including phenoxy) is 1. The number of aliphatic carboxylic acids is 1. The zero-order chi connectivity index (χ0) is 15.2. The molecule has 114 valence electrons. The van der Waals surface area contributed by atoms with Crippen molar-refractivity contribution in [1.82, 2.24) is 4.90 Å². The summed E-state index contributed by atoms with van der Waals surface area (Å²) in [7, 11) is 0. The lowest BCUT2D eigenvalue weighted by Crippen LogP contribution is -2.51. The molecule has 6 heteroatoms. The number of benzene rings is 1. The van der Waals surface area contributed by atoms with Crippen LogP contribution >= 0.6 is 0 Å². The number of hydrogen-bond donors (Lipinski definition) is 1. The number of hydrogen-bond acceptors (Lipinski definition) is 4. The van der Waals surface area contributed by atoms with E-state index in [0.29, 0.717) is 26.3 Å². The van der Waals surface area contributed by atoms with Gasteiger partial charge < -0.3 is 19.6 Å². The molecule has 0 spiro atoms. The fraction of sp³-hybridized carbons (Fsp3) is 0.467. The standard InChI is InChI=1S/C15H20N2O4/c1-12(15(20)16-7-9-21-10-8-16)17(11-14(18)19)13-5-3-2-4-6-13/h2-6,12H,7-11H2,1H3,(H,18,19). The Balaban J connectivity index is 2.15. The van der Waals surface area contributed by atoms with Gasteiger partial charge in [-0.2, -0.15) is 0 Å². The Bertz CT molecular complexity index is 486. The maximum Gasteiger partial charge on any atom is 0.323 e. The molecule has 6 nitrogen and oxygen atoms in total. The van der Waals surface area contributed by atoms with E-state index in [1.807, 2.05) is 30.3 Å². The average Bonchev–Trinajstić information content (AvgIpc) is 2.53. The number of carboxylic acids is 1. The molecule has 1 atom stereocenters. The molecule has 1 aromatic carbocycles. The number of morpholine rings is 1. The van der Waals surface area contributed by atoms with Crippen LogP contribution in [-0.2, 0) is 14.3 Å². The molecule has 0 aliphatic carbocycles. The van der Waals surface area contributed by atoms with Crippen molar-refractivity contribution in [1.29, 1.82) is 0 Å². The molecule has 1 heterocycles. The van der Waals surface area contributed by atoms with Gasteiger partial charge in [0, 0.05) is 18.8 Å². The summed E-state index contributed by atoms with van der Waals surface area (Å²) in [5.41, 5.74) is 0.731. The van der Waals surface area contributed by atoms with E-state index in [-0.39, 0.29) is 12.5 Å². The third-order valence-corrected chi connectivity index (χ3v) is 3.54. The van der Waals surface area contributed by atoms with E-state index in [4.69, 9.17) is 9.84 Å². The summed E-state index contributed by atoms with van der Waals surface area (Å²) in [6.45, 7) is 3.71. The number of carbonyl (C=O) groups is 2. The first-order valence-corrected chi connectivity index (χ1v) is 6.99. The number of anilines is 1. The Hall–Kier alpha value is -2.08. The van der Waals surface area contributed by atoms with Gasteiger partial charge in [0.1, 0.15) is 12.6 Å². The van der Waals surface area contributed by atoms with E-state index in [0.717, 1.165) is 5.69 Å². The molecule has 21 heavy (non-hydrogen) atoms. The van der Waals surface area contributed by atoms with Gasteiger partial charge >= 0.3 is 5.97 Å². The van der Waals surface area contributed by atoms with Crippen molar-refractivity contribution in [2.45, 2.75) is 13.0 Å². The van der Waals surface area contributed by atoms with Crippen molar-refractivity contribution >= 4 is 17.6 Å². The number of para-hydroxylation sites is 1. The van der Waals surface area contributed by atoms with Gasteiger partial charge in [-0.15, -0.1) is 0 Å². The summed E-state index contributed by atoms with van der Waals surface area (Å²) < 4.78 is 5.24. The third kappa shape index (κ3) is 3.95. The summed E-state index contributed by atoms with van der Waals surface area (Å²) >= 11 is 0. The number of carboxylic acid groups (broad SMARTS) is 1. The molecule has 0 bridgehead atoms. The fourth-order valence-corrected chi connectivity index (χ4v) is 2.40. The molecule has 0 saturated carbocycles. The van der Waals surface area contributed by atoms with Gasteiger partial charge in [-0.05, 0) is 19.1 Å². The van der Waals surface area contributed by atoms with Gasteiger partial charge in [0.05, 0.1) is 13.2 Å². The quantitative estimate of drug-likeness (QED) is 0.870. The van der Waals surface area contributed by atoms with Crippen LogP contribution in [0.2, 0.25) is 0 Å². The van der Waals surface area contributed by atoms with E-state index < -0.39 is 12.0 Å². The van der Waals surface area contributed by atoms with Crippen molar-refractivity contribution < 1.29 is 19.4 Å². The zero-order valence-corrected chi connectivity index (χ0v) is 12.1. The molecule has 1 amide bonds. The van der Waals surface area contributed by atoms with Gasteiger partial charge in [0.2, 0.25) is 5.91 Å². The SMILES string of the molecule is CC(C(=O)N1CCOCC1)N(CC(=O)O)c1ccccc1. The van der Waals surface area contributed by atoms with E-state index >= 15 is 0 Å². The molecule has 1 fully saturated rings. The fourth-order valence-electron chi connectivity index (χ4n) is 2.40. The Morgan fingerprint density at radius 2 is 1.90 bits per heavy atom. The van der Waals surface area contributed by atoms with Crippen molar-refractivity contribution in [2.24, 2.45) is 0 Å². The van der Waals surface area contributed by atoms with E-state index in [9.17, 15) is 9.59 Å². The highest BCUT2D eigenvalue weighted by molar-refractivity contribution is 5.87. The third-order valence-electron chi connectivity index (χ3n) is 3.54. The molecular weight excluding hydrogens is 272 g/mol. The van der Waals surface area contributed by atoms with Gasteiger partial charge in [0.25, 0.3) is 0 Å². The van der Waals surface area contributed by atoms with Crippen LogP contribution in [0.25, 0.3) is 0 Å². The van der Waals surface area contributed by atoms with Crippen LogP contribution in [0.5, 0.6) is 0 Å². The van der Waals surface area contributed by atoms with Gasteiger partial charge in [0.15, 0.2) is 0 Å². The predicted octanol–water partition coefficient (Wildman–Crippen LogP) is 0.825. The molecule has 1 saturated heterocycles. The minimum Gasteiger partial charge on any atom is -0.480 e. The molecular formula is C15H20N2O4. The highest BCUT2D eigenvalue weighted by Gasteiger charge is 2.28. The van der Waals surface area contributed by atoms with Crippen molar-refractivity contribution in [3.05, 3.63) is 30.3 Å². The maximum absolute atomic E-state index is 12.5. The second-order valence-corrected chi connectivity index (χ2v) is 4.97. The van der Waals surface area contributed by atoms with Crippen LogP contribution in [0.1, 0.15) is 6.92 Å². The number of amides is 1. The van der Waals surface area contributed by atoms with Crippen molar-refractivity contribution in [3.63, 3.8) is 0 Å². The van der Waals surface area contributed by atoms with Crippen LogP contribution in [-0.4, -0.2) is 60.8 Å². The Kier molecular flexibility index (Phi) is 5.16. The topological polar surface area (TPSA) is 70.1 Å². The summed E-state index contributed by atoms with van der Waals surface area (Å²) in [6.07, 6.45) is 0. The molecule has 1 aliphatic rings. The van der Waals surface area contributed by atoms with Crippen LogP contribution in [0, 0.1) is 0 Å². The smallest absolute Gasteiger partial charge is 0.323 e. The summed E-state index contributed by atoms with van der Waals surface area (Å²) in [6, 6.07) is 8.61. The second-order valence-electron chi connectivity index (χ2n) is 4.97. The van der Waals surface area contributed by atoms with E-state index in [1.54, 1.807) is 16.7 Å². The molecule has 1 N–H and O–H groups in total. The maximum atomic E-state index is 12.5. The Morgan fingerprint density at radius 1 is 1.29 bits per heavy atom. The Labute approximate surface area is 123 Å². The lowest BCUT2D eigenvalue weighted by Gasteiger charge is -2.34. The van der Waals surface area contributed by atoms with Gasteiger partial charge in [-0.25, -0.2) is 0 Å². The van der Waals surface area contributed by atoms with Crippen molar-refractivity contribution in [3.8, 4) is 0 Å². The first-order valence-electron chi connectivity index (χ1n) is 6.99. The molecule has 0 aromatic heterocycles. The zero-order valence-electron chi connectivity index (χ0n) is 12.1. The minimum atomic E-state index is -0.958. The highest BCUT2D eigenvalue weighted by Crippen LogP contribution is 2.18. The van der Waals surface area contributed by atoms with Crippen LogP contribution in [0.4, 0.5) is 5.69 Å². The first-order chi connectivity index (χ1) is 10.1. The average molecular weight is 292 g/mol. The monoisotopic (exact) mass is 292 g/mol. The van der Waals surface area contributed by atoms with Gasteiger partial charge in [-0.1, -0.05) is 18.2 Å². The first kappa shape index (κ1) is 15.3. The summed E-state index contributed by atoms with van der Waals surface area (Å²) in [5, 5.41) is 9.10. The summed E-state index contributed by atoms with van der Waals surface area (Å²) in [5.74, 6) is -1.02. The minimum absolute atomic E-state index is 0.0663. The highest BCUT2D eigenvalue weighted by atomic mass is 16.5. The Morgan fingerprint density at radius 3 is 2.48 bits per heavy atom. The van der Waals surface area contributed by atoms with Crippen LogP contribution in [0.3, 0.4) is 0 Å². The lowest BCUT2D eigenvalue weighted by molar-refractivity contribution is -0.137. The number of rotatable bonds is 5. The molecule has 1 unspecified atom stereocenters. The second kappa shape index (κ2) is 7.08. The molecule has 0 radical (unpaired) electrons. The van der Waals surface area contributed by atoms with E-state index in [2.05, 4.69) is 0 Å². The molecule has 1 aromatic rings. The van der Waals surface area contributed by atoms with Crippen molar-refractivity contribution in [2.75, 3.05) is 37.7 Å². The molecule has 1 aliphatic heterocycles. The summed E-state index contributed by atoms with van der Waals surface area (Å²) in [4.78, 5) is 27.0. The number of nitrogens with zero attached hydrogens (tertiary/aromatic N) is 2. The largest absolute Gasteiger partial charge is 0.480 e. The van der Waals surface area contributed by atoms with Gasteiger partial charge in [-0.3, -0.25) is 9.59 Å². The van der Waals surface area contributed by atoms with E-state index in [1.165, 1.54) is 0 Å².